The molecule has 2 N–H and O–H groups in total. The topological polar surface area (TPSA) is 76.1 Å². The molecule has 1 aromatic carbocycles. The van der Waals surface area contributed by atoms with Crippen LogP contribution in [-0.4, -0.2) is 35.6 Å². The van der Waals surface area contributed by atoms with Crippen LogP contribution < -0.4 is 10.6 Å². The molecule has 0 aliphatic heterocycles. The minimum Gasteiger partial charge on any atom is -0.381 e. The van der Waals surface area contributed by atoms with Crippen LogP contribution in [0, 0.1) is 6.92 Å². The van der Waals surface area contributed by atoms with Gasteiger partial charge >= 0.3 is 0 Å². The molecule has 0 atom stereocenters. The maximum absolute atomic E-state index is 12.2. The van der Waals surface area contributed by atoms with Gasteiger partial charge in [0.2, 0.25) is 0 Å². The minimum atomic E-state index is -0.0516. The van der Waals surface area contributed by atoms with E-state index in [1.807, 2.05) is 24.3 Å². The number of hydrogen-bond donors (Lipinski definition) is 2. The molecule has 0 saturated carbocycles. The van der Waals surface area contributed by atoms with Crippen LogP contribution in [-0.2, 0) is 11.3 Å². The van der Waals surface area contributed by atoms with Crippen molar-refractivity contribution >= 4 is 33.3 Å². The van der Waals surface area contributed by atoms with E-state index in [9.17, 15) is 4.79 Å². The number of unbranched alkanes of at least 4 members (excludes halogenated alkanes) is 1. The number of rotatable bonds is 11. The molecule has 7 heteroatoms. The first-order valence-corrected chi connectivity index (χ1v) is 10.9. The first kappa shape index (κ1) is 21.2. The van der Waals surface area contributed by atoms with Gasteiger partial charge in [-0.25, -0.2) is 9.97 Å². The van der Waals surface area contributed by atoms with Gasteiger partial charge in [-0.05, 0) is 43.5 Å². The predicted octanol–water partition coefficient (Wildman–Crippen LogP) is 4.55. The zero-order valence-electron chi connectivity index (χ0n) is 17.0. The molecule has 0 aliphatic carbocycles. The van der Waals surface area contributed by atoms with Crippen LogP contribution in [0.3, 0.4) is 0 Å². The van der Waals surface area contributed by atoms with E-state index in [2.05, 4.69) is 40.5 Å². The largest absolute Gasteiger partial charge is 0.381 e. The third-order valence-electron chi connectivity index (χ3n) is 4.52. The normalized spacial score (nSPS) is 11.0. The summed E-state index contributed by atoms with van der Waals surface area (Å²) in [6.07, 6.45) is 4.64. The first-order valence-electron chi connectivity index (χ1n) is 10.1. The van der Waals surface area contributed by atoms with Gasteiger partial charge in [-0.2, -0.15) is 0 Å². The summed E-state index contributed by atoms with van der Waals surface area (Å²) in [5.74, 6) is 0.784. The third kappa shape index (κ3) is 6.24. The van der Waals surface area contributed by atoms with E-state index in [-0.39, 0.29) is 5.91 Å². The van der Waals surface area contributed by atoms with Gasteiger partial charge in [0.05, 0.1) is 5.39 Å². The van der Waals surface area contributed by atoms with Gasteiger partial charge in [0.15, 0.2) is 0 Å². The summed E-state index contributed by atoms with van der Waals surface area (Å²) in [6.45, 7) is 6.96. The number of amides is 1. The highest BCUT2D eigenvalue weighted by Crippen LogP contribution is 2.27. The molecule has 3 aromatic rings. The molecule has 0 unspecified atom stereocenters. The highest BCUT2D eigenvalue weighted by Gasteiger charge is 2.08. The number of aromatic nitrogens is 2. The first-order chi connectivity index (χ1) is 14.2. The Bertz CT molecular complexity index is 924. The maximum atomic E-state index is 12.2. The Morgan fingerprint density at radius 3 is 2.72 bits per heavy atom. The second kappa shape index (κ2) is 10.9. The molecule has 1 amide bonds. The second-order valence-electron chi connectivity index (χ2n) is 6.92. The van der Waals surface area contributed by atoms with Crippen molar-refractivity contribution in [1.82, 2.24) is 15.3 Å². The number of anilines is 1. The van der Waals surface area contributed by atoms with Gasteiger partial charge in [0.1, 0.15) is 17.0 Å². The van der Waals surface area contributed by atoms with Crippen LogP contribution in [0.2, 0.25) is 0 Å². The maximum Gasteiger partial charge on any atom is 0.251 e. The number of carbonyl (C=O) groups excluding carboxylic acids is 1. The average Bonchev–Trinajstić information content (AvgIpc) is 3.12. The summed E-state index contributed by atoms with van der Waals surface area (Å²) in [6, 6.07) is 9.74. The number of aryl methyl sites for hydroxylation is 1. The fourth-order valence-corrected chi connectivity index (χ4v) is 3.75. The summed E-state index contributed by atoms with van der Waals surface area (Å²) in [4.78, 5) is 23.1. The molecule has 2 aromatic heterocycles. The summed E-state index contributed by atoms with van der Waals surface area (Å²) < 4.78 is 5.50. The van der Waals surface area contributed by atoms with Gasteiger partial charge in [0, 0.05) is 36.7 Å². The monoisotopic (exact) mass is 412 g/mol. The van der Waals surface area contributed by atoms with Gasteiger partial charge in [-0.1, -0.05) is 25.5 Å². The number of fused-ring (bicyclic) bond motifs is 1. The van der Waals surface area contributed by atoms with E-state index in [1.165, 1.54) is 4.88 Å². The lowest BCUT2D eigenvalue weighted by atomic mass is 10.1. The standard InChI is InChI=1S/C22H28N4O2S/c1-3-4-11-28-12-5-10-23-21(27)18-8-6-17(7-9-18)14-24-20-19-13-16(2)29-22(19)26-15-25-20/h6-9,13,15H,3-5,10-12,14H2,1-2H3,(H,23,27)(H,24,25,26). The Morgan fingerprint density at radius 2 is 1.93 bits per heavy atom. The second-order valence-corrected chi connectivity index (χ2v) is 8.16. The van der Waals surface area contributed by atoms with E-state index in [4.69, 9.17) is 4.74 Å². The van der Waals surface area contributed by atoms with Crippen molar-refractivity contribution in [3.63, 3.8) is 0 Å². The van der Waals surface area contributed by atoms with E-state index >= 15 is 0 Å². The Morgan fingerprint density at radius 1 is 1.14 bits per heavy atom. The van der Waals surface area contributed by atoms with Gasteiger partial charge in [-0.15, -0.1) is 11.3 Å². The van der Waals surface area contributed by atoms with E-state index in [1.54, 1.807) is 17.7 Å². The van der Waals surface area contributed by atoms with Crippen molar-refractivity contribution in [2.24, 2.45) is 0 Å². The lowest BCUT2D eigenvalue weighted by Gasteiger charge is -2.08. The Labute approximate surface area is 175 Å². The van der Waals surface area contributed by atoms with Crippen molar-refractivity contribution in [2.45, 2.75) is 39.7 Å². The Kier molecular flexibility index (Phi) is 7.95. The van der Waals surface area contributed by atoms with Gasteiger partial charge in [0.25, 0.3) is 5.91 Å². The molecule has 2 heterocycles. The zero-order chi connectivity index (χ0) is 20.5. The predicted molar refractivity (Wildman–Crippen MR) is 119 cm³/mol. The fourth-order valence-electron chi connectivity index (χ4n) is 2.90. The zero-order valence-corrected chi connectivity index (χ0v) is 17.8. The molecule has 0 bridgehead atoms. The van der Waals surface area contributed by atoms with Crippen LogP contribution in [0.1, 0.15) is 47.0 Å². The number of nitrogens with one attached hydrogen (secondary N) is 2. The van der Waals surface area contributed by atoms with Crippen molar-refractivity contribution in [3.8, 4) is 0 Å². The molecular weight excluding hydrogens is 384 g/mol. The SMILES string of the molecule is CCCCOCCCNC(=O)c1ccc(CNc2ncnc3sc(C)cc23)cc1. The van der Waals surface area contributed by atoms with Gasteiger partial charge in [-0.3, -0.25) is 4.79 Å². The smallest absolute Gasteiger partial charge is 0.251 e. The number of benzene rings is 1. The quantitative estimate of drug-likeness (QED) is 0.452. The summed E-state index contributed by atoms with van der Waals surface area (Å²) in [5.41, 5.74) is 1.75. The van der Waals surface area contributed by atoms with Crippen LogP contribution in [0.25, 0.3) is 10.2 Å². The number of nitrogens with zero attached hydrogens (tertiary/aromatic N) is 2. The van der Waals surface area contributed by atoms with E-state index < -0.39 is 0 Å². The van der Waals surface area contributed by atoms with Gasteiger partial charge < -0.3 is 15.4 Å². The molecule has 0 radical (unpaired) electrons. The number of carbonyl (C=O) groups is 1. The molecule has 0 aliphatic rings. The minimum absolute atomic E-state index is 0.0516. The number of hydrogen-bond acceptors (Lipinski definition) is 6. The highest BCUT2D eigenvalue weighted by molar-refractivity contribution is 7.18. The van der Waals surface area contributed by atoms with E-state index in [0.29, 0.717) is 25.3 Å². The Balaban J connectivity index is 1.45. The van der Waals surface area contributed by atoms with Crippen molar-refractivity contribution in [3.05, 3.63) is 52.7 Å². The molecule has 0 spiro atoms. The molecule has 6 nitrogen and oxygen atoms in total. The average molecular weight is 413 g/mol. The lowest BCUT2D eigenvalue weighted by Crippen LogP contribution is -2.25. The molecular formula is C22H28N4O2S. The number of ether oxygens (including phenoxy) is 1. The summed E-state index contributed by atoms with van der Waals surface area (Å²) in [5, 5.41) is 7.36. The molecule has 0 saturated heterocycles. The Hall–Kier alpha value is -2.51. The van der Waals surface area contributed by atoms with Crippen LogP contribution in [0.4, 0.5) is 5.82 Å². The van der Waals surface area contributed by atoms with Crippen LogP contribution >= 0.6 is 11.3 Å². The van der Waals surface area contributed by atoms with Crippen LogP contribution in [0.15, 0.2) is 36.7 Å². The third-order valence-corrected chi connectivity index (χ3v) is 5.48. The van der Waals surface area contributed by atoms with Crippen molar-refractivity contribution in [1.29, 1.82) is 0 Å². The summed E-state index contributed by atoms with van der Waals surface area (Å²) >= 11 is 1.66. The molecule has 0 fully saturated rings. The van der Waals surface area contributed by atoms with Crippen LogP contribution in [0.5, 0.6) is 0 Å². The summed E-state index contributed by atoms with van der Waals surface area (Å²) in [7, 11) is 0. The molecule has 3 rings (SSSR count). The molecule has 29 heavy (non-hydrogen) atoms. The van der Waals surface area contributed by atoms with E-state index in [0.717, 1.165) is 47.5 Å². The van der Waals surface area contributed by atoms with Crippen molar-refractivity contribution in [2.75, 3.05) is 25.1 Å². The number of thiophene rings is 1. The van der Waals surface area contributed by atoms with Crippen molar-refractivity contribution < 1.29 is 9.53 Å². The lowest BCUT2D eigenvalue weighted by molar-refractivity contribution is 0.0940. The fraction of sp³-hybridized carbons (Fsp3) is 0.409. The molecule has 154 valence electrons. The highest BCUT2D eigenvalue weighted by atomic mass is 32.1.